The van der Waals surface area contributed by atoms with Crippen molar-refractivity contribution in [2.24, 2.45) is 0 Å². The van der Waals surface area contributed by atoms with Crippen LogP contribution in [0.5, 0.6) is 0 Å². The van der Waals surface area contributed by atoms with Gasteiger partial charge in [0.2, 0.25) is 0 Å². The number of rotatable bonds is 6. The van der Waals surface area contributed by atoms with Crippen molar-refractivity contribution in [3.05, 3.63) is 24.5 Å². The lowest BCUT2D eigenvalue weighted by atomic mass is 10.1. The van der Waals surface area contributed by atoms with Crippen LogP contribution in [0.25, 0.3) is 0 Å². The molecule has 1 heterocycles. The Morgan fingerprint density at radius 2 is 2.20 bits per heavy atom. The lowest BCUT2D eigenvalue weighted by Gasteiger charge is -2.14. The Hall–Kier alpha value is -1.58. The van der Waals surface area contributed by atoms with E-state index in [4.69, 9.17) is 5.11 Å². The summed E-state index contributed by atoms with van der Waals surface area (Å²) in [6.07, 6.45) is 5.25. The van der Waals surface area contributed by atoms with Crippen molar-refractivity contribution in [3.63, 3.8) is 0 Å². The van der Waals surface area contributed by atoms with Crippen LogP contribution in [0.15, 0.2) is 24.5 Å². The maximum Gasteiger partial charge on any atom is 0.303 e. The molecule has 0 aromatic carbocycles. The average molecular weight is 208 g/mol. The third kappa shape index (κ3) is 5.00. The molecule has 0 bridgehead atoms. The van der Waals surface area contributed by atoms with E-state index in [1.54, 1.807) is 12.4 Å². The summed E-state index contributed by atoms with van der Waals surface area (Å²) in [7, 11) is 0. The zero-order chi connectivity index (χ0) is 11.1. The summed E-state index contributed by atoms with van der Waals surface area (Å²) >= 11 is 0. The summed E-state index contributed by atoms with van der Waals surface area (Å²) < 4.78 is 0. The number of hydrogen-bond donors (Lipinski definition) is 2. The van der Waals surface area contributed by atoms with Crippen molar-refractivity contribution >= 4 is 11.7 Å². The molecule has 0 aliphatic rings. The molecule has 1 atom stereocenters. The molecule has 0 amide bonds. The van der Waals surface area contributed by atoms with Gasteiger partial charge in [-0.05, 0) is 31.9 Å². The third-order valence-corrected chi connectivity index (χ3v) is 2.12. The Labute approximate surface area is 89.3 Å². The van der Waals surface area contributed by atoms with E-state index in [-0.39, 0.29) is 12.5 Å². The van der Waals surface area contributed by atoms with Gasteiger partial charge in [0.15, 0.2) is 0 Å². The molecule has 0 fully saturated rings. The average Bonchev–Trinajstić information content (AvgIpc) is 2.18. The molecule has 2 N–H and O–H groups in total. The first kappa shape index (κ1) is 11.5. The maximum atomic E-state index is 10.3. The molecule has 1 unspecified atom stereocenters. The van der Waals surface area contributed by atoms with Crippen LogP contribution in [0.2, 0.25) is 0 Å². The normalized spacial score (nSPS) is 12.1. The summed E-state index contributed by atoms with van der Waals surface area (Å²) in [5.74, 6) is -0.730. The van der Waals surface area contributed by atoms with Crippen molar-refractivity contribution in [2.75, 3.05) is 5.32 Å². The van der Waals surface area contributed by atoms with E-state index in [0.717, 1.165) is 12.1 Å². The standard InChI is InChI=1S/C11H16N2O2/c1-9(3-2-4-11(14)15)13-10-5-7-12-8-6-10/h5-9H,2-4H2,1H3,(H,12,13)(H,14,15). The van der Waals surface area contributed by atoms with Gasteiger partial charge >= 0.3 is 5.97 Å². The van der Waals surface area contributed by atoms with E-state index in [2.05, 4.69) is 10.3 Å². The zero-order valence-electron chi connectivity index (χ0n) is 8.81. The number of hydrogen-bond acceptors (Lipinski definition) is 3. The summed E-state index contributed by atoms with van der Waals surface area (Å²) in [5.41, 5.74) is 1.02. The highest BCUT2D eigenvalue weighted by Crippen LogP contribution is 2.09. The molecule has 0 saturated carbocycles. The number of carbonyl (C=O) groups is 1. The van der Waals surface area contributed by atoms with Crippen LogP contribution in [0.4, 0.5) is 5.69 Å². The first-order valence-corrected chi connectivity index (χ1v) is 5.07. The first-order valence-electron chi connectivity index (χ1n) is 5.07. The fraction of sp³-hybridized carbons (Fsp3) is 0.455. The maximum absolute atomic E-state index is 10.3. The van der Waals surface area contributed by atoms with Gasteiger partial charge in [0.1, 0.15) is 0 Å². The Morgan fingerprint density at radius 3 is 2.80 bits per heavy atom. The number of anilines is 1. The topological polar surface area (TPSA) is 62.2 Å². The van der Waals surface area contributed by atoms with Gasteiger partial charge in [0.25, 0.3) is 0 Å². The molecule has 0 aliphatic heterocycles. The van der Waals surface area contributed by atoms with E-state index in [0.29, 0.717) is 6.42 Å². The molecule has 0 radical (unpaired) electrons. The minimum atomic E-state index is -0.730. The van der Waals surface area contributed by atoms with Gasteiger partial charge in [0, 0.05) is 30.5 Å². The number of aromatic nitrogens is 1. The van der Waals surface area contributed by atoms with Crippen LogP contribution in [-0.2, 0) is 4.79 Å². The van der Waals surface area contributed by atoms with Crippen molar-refractivity contribution in [2.45, 2.75) is 32.2 Å². The van der Waals surface area contributed by atoms with Gasteiger partial charge in [-0.2, -0.15) is 0 Å². The van der Waals surface area contributed by atoms with Gasteiger partial charge in [0.05, 0.1) is 0 Å². The summed E-state index contributed by atoms with van der Waals surface area (Å²) in [5, 5.41) is 11.8. The molecule has 15 heavy (non-hydrogen) atoms. The van der Waals surface area contributed by atoms with Gasteiger partial charge < -0.3 is 10.4 Å². The highest BCUT2D eigenvalue weighted by molar-refractivity contribution is 5.66. The molecule has 4 nitrogen and oxygen atoms in total. The Balaban J connectivity index is 2.24. The third-order valence-electron chi connectivity index (χ3n) is 2.12. The van der Waals surface area contributed by atoms with E-state index in [9.17, 15) is 4.79 Å². The largest absolute Gasteiger partial charge is 0.481 e. The van der Waals surface area contributed by atoms with Crippen LogP contribution in [0, 0.1) is 0 Å². The quantitative estimate of drug-likeness (QED) is 0.751. The Kier molecular flexibility index (Phi) is 4.60. The predicted molar refractivity (Wildman–Crippen MR) is 58.8 cm³/mol. The molecule has 4 heteroatoms. The number of carboxylic acids is 1. The second-order valence-corrected chi connectivity index (χ2v) is 3.57. The van der Waals surface area contributed by atoms with Crippen molar-refractivity contribution < 1.29 is 9.90 Å². The van der Waals surface area contributed by atoms with Crippen LogP contribution in [0.3, 0.4) is 0 Å². The van der Waals surface area contributed by atoms with E-state index in [1.165, 1.54) is 0 Å². The molecule has 1 aromatic heterocycles. The minimum Gasteiger partial charge on any atom is -0.481 e. The van der Waals surface area contributed by atoms with Crippen molar-refractivity contribution in [3.8, 4) is 0 Å². The highest BCUT2D eigenvalue weighted by Gasteiger charge is 2.03. The van der Waals surface area contributed by atoms with Crippen LogP contribution < -0.4 is 5.32 Å². The first-order chi connectivity index (χ1) is 7.18. The smallest absolute Gasteiger partial charge is 0.303 e. The van der Waals surface area contributed by atoms with Crippen LogP contribution in [-0.4, -0.2) is 22.1 Å². The SMILES string of the molecule is CC(CCCC(=O)O)Nc1ccncc1. The summed E-state index contributed by atoms with van der Waals surface area (Å²) in [6.45, 7) is 2.04. The molecule has 0 saturated heterocycles. The molecule has 82 valence electrons. The second kappa shape index (κ2) is 6.01. The van der Waals surface area contributed by atoms with Gasteiger partial charge in [-0.1, -0.05) is 0 Å². The number of nitrogens with zero attached hydrogens (tertiary/aromatic N) is 1. The van der Waals surface area contributed by atoms with Crippen molar-refractivity contribution in [1.29, 1.82) is 0 Å². The number of pyridine rings is 1. The van der Waals surface area contributed by atoms with Gasteiger partial charge in [-0.3, -0.25) is 9.78 Å². The predicted octanol–water partition coefficient (Wildman–Crippen LogP) is 2.14. The molecule has 1 rings (SSSR count). The number of nitrogens with one attached hydrogen (secondary N) is 1. The summed E-state index contributed by atoms with van der Waals surface area (Å²) in [4.78, 5) is 14.2. The molecule has 0 spiro atoms. The molecule has 0 aliphatic carbocycles. The fourth-order valence-corrected chi connectivity index (χ4v) is 1.36. The van der Waals surface area contributed by atoms with E-state index < -0.39 is 5.97 Å². The lowest BCUT2D eigenvalue weighted by molar-refractivity contribution is -0.137. The van der Waals surface area contributed by atoms with E-state index in [1.807, 2.05) is 19.1 Å². The number of carboxylic acid groups (broad SMARTS) is 1. The highest BCUT2D eigenvalue weighted by atomic mass is 16.4. The Bertz CT molecular complexity index is 301. The Morgan fingerprint density at radius 1 is 1.53 bits per heavy atom. The second-order valence-electron chi connectivity index (χ2n) is 3.57. The van der Waals surface area contributed by atoms with Gasteiger partial charge in [-0.15, -0.1) is 0 Å². The molecular weight excluding hydrogens is 192 g/mol. The molecule has 1 aromatic rings. The minimum absolute atomic E-state index is 0.238. The van der Waals surface area contributed by atoms with E-state index >= 15 is 0 Å². The summed E-state index contributed by atoms with van der Waals surface area (Å²) in [6, 6.07) is 4.08. The van der Waals surface area contributed by atoms with Gasteiger partial charge in [-0.25, -0.2) is 0 Å². The zero-order valence-corrected chi connectivity index (χ0v) is 8.81. The van der Waals surface area contributed by atoms with Crippen LogP contribution in [0.1, 0.15) is 26.2 Å². The lowest BCUT2D eigenvalue weighted by Crippen LogP contribution is -2.15. The van der Waals surface area contributed by atoms with Crippen molar-refractivity contribution in [1.82, 2.24) is 4.98 Å². The molecular formula is C11H16N2O2. The number of aliphatic carboxylic acids is 1. The fourth-order valence-electron chi connectivity index (χ4n) is 1.36. The van der Waals surface area contributed by atoms with Crippen LogP contribution >= 0.6 is 0 Å². The monoisotopic (exact) mass is 208 g/mol.